The van der Waals surface area contributed by atoms with Crippen LogP contribution in [0.25, 0.3) is 11.1 Å². The van der Waals surface area contributed by atoms with E-state index in [9.17, 15) is 9.18 Å². The lowest BCUT2D eigenvalue weighted by Crippen LogP contribution is -1.92. The number of nitrogens with zero attached hydrogens (tertiary/aromatic N) is 1. The van der Waals surface area contributed by atoms with Crippen molar-refractivity contribution in [3.05, 3.63) is 41.0 Å². The highest BCUT2D eigenvalue weighted by Gasteiger charge is 2.18. The third-order valence-corrected chi connectivity index (χ3v) is 2.48. The van der Waals surface area contributed by atoms with Gasteiger partial charge < -0.3 is 4.52 Å². The molecule has 0 aliphatic rings. The Morgan fingerprint density at radius 3 is 2.81 bits per heavy atom. The second kappa shape index (κ2) is 4.23. The first kappa shape index (κ1) is 11.1. The van der Waals surface area contributed by atoms with Crippen molar-refractivity contribution >= 4 is 28.4 Å². The molecule has 6 heteroatoms. The Hall–Kier alpha value is -1.39. The molecule has 82 valence electrons. The van der Waals surface area contributed by atoms with Crippen molar-refractivity contribution in [2.75, 3.05) is 0 Å². The zero-order valence-corrected chi connectivity index (χ0v) is 9.22. The summed E-state index contributed by atoms with van der Waals surface area (Å²) < 4.78 is 17.7. The van der Waals surface area contributed by atoms with Crippen LogP contribution in [0.2, 0.25) is 5.02 Å². The Morgan fingerprint density at radius 2 is 2.12 bits per heavy atom. The summed E-state index contributed by atoms with van der Waals surface area (Å²) in [6.45, 7) is 0. The lowest BCUT2D eigenvalue weighted by atomic mass is 10.1. The maximum Gasteiger partial charge on any atom is 0.275 e. The SMILES string of the molecule is O=C(Cl)c1nocc1-c1cc(F)ccc1Cl. The highest BCUT2D eigenvalue weighted by Crippen LogP contribution is 2.31. The van der Waals surface area contributed by atoms with Crippen molar-refractivity contribution in [1.29, 1.82) is 0 Å². The molecular formula is C10H4Cl2FNO2. The van der Waals surface area contributed by atoms with Crippen molar-refractivity contribution < 1.29 is 13.7 Å². The van der Waals surface area contributed by atoms with Crippen LogP contribution < -0.4 is 0 Å². The van der Waals surface area contributed by atoms with E-state index < -0.39 is 11.1 Å². The molecule has 0 radical (unpaired) electrons. The predicted octanol–water partition coefficient (Wildman–Crippen LogP) is 3.51. The van der Waals surface area contributed by atoms with Crippen molar-refractivity contribution in [1.82, 2.24) is 5.16 Å². The van der Waals surface area contributed by atoms with E-state index >= 15 is 0 Å². The van der Waals surface area contributed by atoms with E-state index in [1.165, 1.54) is 24.5 Å². The Bertz CT molecular complexity index is 554. The molecule has 0 aliphatic heterocycles. The molecule has 1 heterocycles. The summed E-state index contributed by atoms with van der Waals surface area (Å²) in [7, 11) is 0. The van der Waals surface area contributed by atoms with Crippen LogP contribution in [-0.2, 0) is 0 Å². The molecule has 2 aromatic rings. The number of hydrogen-bond acceptors (Lipinski definition) is 3. The Kier molecular flexibility index (Phi) is 2.94. The molecule has 1 aromatic heterocycles. The van der Waals surface area contributed by atoms with Crippen LogP contribution >= 0.6 is 23.2 Å². The van der Waals surface area contributed by atoms with E-state index in [0.29, 0.717) is 5.56 Å². The Balaban J connectivity index is 2.62. The van der Waals surface area contributed by atoms with E-state index in [1.54, 1.807) is 0 Å². The smallest absolute Gasteiger partial charge is 0.275 e. The summed E-state index contributed by atoms with van der Waals surface area (Å²) in [6, 6.07) is 3.77. The zero-order valence-electron chi connectivity index (χ0n) is 7.71. The standard InChI is InChI=1S/C10H4Cl2FNO2/c11-8-2-1-5(13)3-6(8)7-4-16-14-9(7)10(12)15/h1-4H. The number of rotatable bonds is 2. The molecule has 0 N–H and O–H groups in total. The van der Waals surface area contributed by atoms with Gasteiger partial charge in [-0.05, 0) is 29.8 Å². The van der Waals surface area contributed by atoms with Crippen molar-refractivity contribution in [2.45, 2.75) is 0 Å². The van der Waals surface area contributed by atoms with Crippen LogP contribution in [0.1, 0.15) is 10.5 Å². The molecule has 0 aliphatic carbocycles. The maximum atomic E-state index is 13.0. The number of hydrogen-bond donors (Lipinski definition) is 0. The quantitative estimate of drug-likeness (QED) is 0.776. The molecule has 1 aromatic carbocycles. The molecule has 0 spiro atoms. The average molecular weight is 260 g/mol. The fraction of sp³-hybridized carbons (Fsp3) is 0. The molecule has 0 unspecified atom stereocenters. The number of aromatic nitrogens is 1. The van der Waals surface area contributed by atoms with Gasteiger partial charge in [0.15, 0.2) is 5.69 Å². The minimum atomic E-state index is -0.788. The first-order valence-corrected chi connectivity index (χ1v) is 4.95. The highest BCUT2D eigenvalue weighted by atomic mass is 35.5. The van der Waals surface area contributed by atoms with Gasteiger partial charge >= 0.3 is 0 Å². The number of benzene rings is 1. The molecule has 0 bridgehead atoms. The molecule has 3 nitrogen and oxygen atoms in total. The Labute approximate surface area is 99.8 Å². The van der Waals surface area contributed by atoms with Crippen LogP contribution in [-0.4, -0.2) is 10.4 Å². The largest absolute Gasteiger partial charge is 0.363 e. The lowest BCUT2D eigenvalue weighted by molar-refractivity contribution is 0.107. The molecule has 0 saturated heterocycles. The lowest BCUT2D eigenvalue weighted by Gasteiger charge is -2.01. The zero-order chi connectivity index (χ0) is 11.7. The van der Waals surface area contributed by atoms with Gasteiger partial charge in [-0.25, -0.2) is 4.39 Å². The van der Waals surface area contributed by atoms with Crippen LogP contribution in [0.3, 0.4) is 0 Å². The number of carbonyl (C=O) groups excluding carboxylic acids is 1. The van der Waals surface area contributed by atoms with Gasteiger partial charge in [0.25, 0.3) is 5.24 Å². The van der Waals surface area contributed by atoms with Crippen LogP contribution in [0.5, 0.6) is 0 Å². The number of carbonyl (C=O) groups is 1. The minimum Gasteiger partial charge on any atom is -0.363 e. The van der Waals surface area contributed by atoms with Gasteiger partial charge in [-0.1, -0.05) is 16.8 Å². The van der Waals surface area contributed by atoms with Gasteiger partial charge in [0.2, 0.25) is 0 Å². The maximum absolute atomic E-state index is 13.0. The summed E-state index contributed by atoms with van der Waals surface area (Å²) in [5, 5.41) is 2.92. The second-order valence-electron chi connectivity index (χ2n) is 2.97. The molecule has 16 heavy (non-hydrogen) atoms. The van der Waals surface area contributed by atoms with E-state index in [2.05, 4.69) is 9.68 Å². The van der Waals surface area contributed by atoms with Gasteiger partial charge in [-0.2, -0.15) is 0 Å². The van der Waals surface area contributed by atoms with E-state index in [0.717, 1.165) is 0 Å². The monoisotopic (exact) mass is 259 g/mol. The van der Waals surface area contributed by atoms with Crippen molar-refractivity contribution in [2.24, 2.45) is 0 Å². The third-order valence-electron chi connectivity index (χ3n) is 1.97. The van der Waals surface area contributed by atoms with Gasteiger partial charge in [0, 0.05) is 10.6 Å². The fourth-order valence-corrected chi connectivity index (χ4v) is 1.63. The topological polar surface area (TPSA) is 43.1 Å². The van der Waals surface area contributed by atoms with Gasteiger partial charge in [-0.3, -0.25) is 4.79 Å². The number of halogens is 3. The van der Waals surface area contributed by atoms with E-state index in [-0.39, 0.29) is 16.3 Å². The summed E-state index contributed by atoms with van der Waals surface area (Å²) in [5.41, 5.74) is 0.491. The summed E-state index contributed by atoms with van der Waals surface area (Å²) >= 11 is 11.2. The van der Waals surface area contributed by atoms with Crippen LogP contribution in [0.15, 0.2) is 29.0 Å². The second-order valence-corrected chi connectivity index (χ2v) is 3.73. The fourth-order valence-electron chi connectivity index (χ4n) is 1.27. The first-order chi connectivity index (χ1) is 7.59. The molecule has 0 atom stereocenters. The molecule has 0 fully saturated rings. The minimum absolute atomic E-state index is 0.0887. The van der Waals surface area contributed by atoms with E-state index in [4.69, 9.17) is 23.2 Å². The molecule has 0 amide bonds. The van der Waals surface area contributed by atoms with Gasteiger partial charge in [0.1, 0.15) is 12.1 Å². The van der Waals surface area contributed by atoms with E-state index in [1.807, 2.05) is 0 Å². The normalized spacial score (nSPS) is 10.4. The average Bonchev–Trinajstić information content (AvgIpc) is 2.70. The predicted molar refractivity (Wildman–Crippen MR) is 57.1 cm³/mol. The van der Waals surface area contributed by atoms with Crippen molar-refractivity contribution in [3.63, 3.8) is 0 Å². The third kappa shape index (κ3) is 1.94. The molecule has 0 saturated carbocycles. The summed E-state index contributed by atoms with van der Waals surface area (Å²) in [4.78, 5) is 11.0. The van der Waals surface area contributed by atoms with Gasteiger partial charge in [0.05, 0.1) is 5.56 Å². The summed E-state index contributed by atoms with van der Waals surface area (Å²) in [5.74, 6) is -0.478. The summed E-state index contributed by atoms with van der Waals surface area (Å²) in [6.07, 6.45) is 1.19. The van der Waals surface area contributed by atoms with Crippen LogP contribution in [0, 0.1) is 5.82 Å². The first-order valence-electron chi connectivity index (χ1n) is 4.19. The Morgan fingerprint density at radius 1 is 1.38 bits per heavy atom. The molecular weight excluding hydrogens is 256 g/mol. The van der Waals surface area contributed by atoms with Crippen molar-refractivity contribution in [3.8, 4) is 11.1 Å². The van der Waals surface area contributed by atoms with Crippen LogP contribution in [0.4, 0.5) is 4.39 Å². The molecule has 2 rings (SSSR count). The van der Waals surface area contributed by atoms with Gasteiger partial charge in [-0.15, -0.1) is 0 Å². The highest BCUT2D eigenvalue weighted by molar-refractivity contribution is 6.68.